The molecule has 0 spiro atoms. The van der Waals surface area contributed by atoms with E-state index >= 15 is 0 Å². The first-order valence-electron chi connectivity index (χ1n) is 5.54. The number of hydrogen-bond acceptors (Lipinski definition) is 5. The van der Waals surface area contributed by atoms with Gasteiger partial charge in [-0.25, -0.2) is 12.8 Å². The van der Waals surface area contributed by atoms with Crippen LogP contribution in [0.1, 0.15) is 13.8 Å². The molecule has 0 unspecified atom stereocenters. The first-order valence-corrected chi connectivity index (χ1v) is 6.98. The zero-order chi connectivity index (χ0) is 15.5. The van der Waals surface area contributed by atoms with E-state index in [1.54, 1.807) is 6.07 Å². The third-order valence-electron chi connectivity index (χ3n) is 2.51. The fourth-order valence-electron chi connectivity index (χ4n) is 1.59. The Kier molecular flexibility index (Phi) is 4.75. The molecule has 0 saturated heterocycles. The minimum absolute atomic E-state index is 0.450. The lowest BCUT2D eigenvalue weighted by atomic mass is 10.3. The van der Waals surface area contributed by atoms with Gasteiger partial charge in [0.2, 0.25) is 0 Å². The molecule has 0 heterocycles. The Hall–Kier alpha value is -2.05. The van der Waals surface area contributed by atoms with Gasteiger partial charge in [0.25, 0.3) is 15.7 Å². The molecule has 108 valence electrons. The lowest BCUT2D eigenvalue weighted by Crippen LogP contribution is -2.37. The summed E-state index contributed by atoms with van der Waals surface area (Å²) in [6.45, 7) is 2.61. The smallest absolute Gasteiger partial charge is 0.258 e. The Morgan fingerprint density at radius 2 is 2.10 bits per heavy atom. The topological polar surface area (TPSA) is 104 Å². The molecule has 0 N–H and O–H groups in total. The van der Waals surface area contributed by atoms with Crippen molar-refractivity contribution in [1.29, 1.82) is 5.26 Å². The molecular formula is C11H12FN3O4S. The largest absolute Gasteiger partial charge is 0.292 e. The highest BCUT2D eigenvalue weighted by Crippen LogP contribution is 2.28. The molecule has 0 radical (unpaired) electrons. The van der Waals surface area contributed by atoms with Crippen molar-refractivity contribution in [3.05, 3.63) is 34.1 Å². The summed E-state index contributed by atoms with van der Waals surface area (Å²) in [5.41, 5.74) is -0.853. The van der Waals surface area contributed by atoms with Crippen molar-refractivity contribution >= 4 is 15.7 Å². The average Bonchev–Trinajstić information content (AvgIpc) is 2.34. The van der Waals surface area contributed by atoms with E-state index in [-0.39, 0.29) is 0 Å². The van der Waals surface area contributed by atoms with Crippen LogP contribution in [0.25, 0.3) is 0 Å². The van der Waals surface area contributed by atoms with Crippen LogP contribution < -0.4 is 0 Å². The fourth-order valence-corrected chi connectivity index (χ4v) is 3.27. The molecule has 0 aliphatic carbocycles. The molecule has 1 rings (SSSR count). The number of nitrogens with zero attached hydrogens (tertiary/aromatic N) is 3. The summed E-state index contributed by atoms with van der Waals surface area (Å²) in [6, 6.07) is 3.31. The van der Waals surface area contributed by atoms with Gasteiger partial charge in [0.05, 0.1) is 17.1 Å². The molecule has 7 nitrogen and oxygen atoms in total. The van der Waals surface area contributed by atoms with Gasteiger partial charge in [-0.1, -0.05) is 0 Å². The molecule has 1 aromatic carbocycles. The molecule has 20 heavy (non-hydrogen) atoms. The molecule has 0 atom stereocenters. The second-order valence-corrected chi connectivity index (χ2v) is 6.03. The van der Waals surface area contributed by atoms with Crippen LogP contribution in [0, 0.1) is 27.3 Å². The minimum atomic E-state index is -4.25. The summed E-state index contributed by atoms with van der Waals surface area (Å²) in [6.07, 6.45) is 0. The fraction of sp³-hybridized carbons (Fsp3) is 0.364. The van der Waals surface area contributed by atoms with Gasteiger partial charge >= 0.3 is 0 Å². The van der Waals surface area contributed by atoms with Crippen LogP contribution in [0.15, 0.2) is 23.1 Å². The van der Waals surface area contributed by atoms with Crippen LogP contribution >= 0.6 is 0 Å². The van der Waals surface area contributed by atoms with Crippen molar-refractivity contribution in [2.24, 2.45) is 0 Å². The number of nitro groups is 1. The van der Waals surface area contributed by atoms with E-state index in [4.69, 9.17) is 5.26 Å². The van der Waals surface area contributed by atoms with Gasteiger partial charge in [-0.3, -0.25) is 10.1 Å². The van der Waals surface area contributed by atoms with Crippen LogP contribution in [-0.4, -0.2) is 30.2 Å². The zero-order valence-corrected chi connectivity index (χ0v) is 11.6. The van der Waals surface area contributed by atoms with Crippen LogP contribution in [-0.2, 0) is 10.0 Å². The summed E-state index contributed by atoms with van der Waals surface area (Å²) < 4.78 is 38.5. The average molecular weight is 301 g/mol. The van der Waals surface area contributed by atoms with E-state index in [0.717, 1.165) is 16.4 Å². The number of nitro benzene ring substituents is 1. The molecule has 0 fully saturated rings. The quantitative estimate of drug-likeness (QED) is 0.467. The van der Waals surface area contributed by atoms with Crippen molar-refractivity contribution in [3.8, 4) is 6.07 Å². The van der Waals surface area contributed by atoms with E-state index in [1.807, 2.05) is 0 Å². The second kappa shape index (κ2) is 5.94. The van der Waals surface area contributed by atoms with E-state index in [9.17, 15) is 22.9 Å². The minimum Gasteiger partial charge on any atom is -0.258 e. The Labute approximate surface area is 115 Å². The van der Waals surface area contributed by atoms with Gasteiger partial charge in [-0.2, -0.15) is 9.57 Å². The van der Waals surface area contributed by atoms with E-state index in [2.05, 4.69) is 0 Å². The van der Waals surface area contributed by atoms with Crippen molar-refractivity contribution < 1.29 is 17.7 Å². The van der Waals surface area contributed by atoms with Crippen molar-refractivity contribution in [3.63, 3.8) is 0 Å². The van der Waals surface area contributed by atoms with Crippen LogP contribution in [0.2, 0.25) is 0 Å². The van der Waals surface area contributed by atoms with Crippen LogP contribution in [0.5, 0.6) is 0 Å². The summed E-state index contributed by atoms with van der Waals surface area (Å²) >= 11 is 0. The van der Waals surface area contributed by atoms with Gasteiger partial charge in [-0.05, 0) is 26.0 Å². The maximum absolute atomic E-state index is 13.0. The van der Waals surface area contributed by atoms with Crippen molar-refractivity contribution in [2.45, 2.75) is 24.8 Å². The number of hydrogen-bond donors (Lipinski definition) is 0. The lowest BCUT2D eigenvalue weighted by Gasteiger charge is -2.22. The van der Waals surface area contributed by atoms with E-state index < -0.39 is 43.9 Å². The predicted molar refractivity (Wildman–Crippen MR) is 67.7 cm³/mol. The predicted octanol–water partition coefficient (Wildman–Crippen LogP) is 1.66. The van der Waals surface area contributed by atoms with Crippen LogP contribution in [0.4, 0.5) is 10.1 Å². The summed E-state index contributed by atoms with van der Waals surface area (Å²) in [5.74, 6) is -0.910. The second-order valence-electron chi connectivity index (χ2n) is 4.17. The third-order valence-corrected chi connectivity index (χ3v) is 4.58. The number of sulfonamides is 1. The molecule has 0 aliphatic heterocycles. The Morgan fingerprint density at radius 3 is 2.55 bits per heavy atom. The number of nitriles is 1. The molecule has 0 aliphatic rings. The van der Waals surface area contributed by atoms with E-state index in [1.165, 1.54) is 13.8 Å². The molecule has 1 aromatic rings. The molecule has 0 bridgehead atoms. The number of benzene rings is 1. The molecule has 0 amide bonds. The first kappa shape index (κ1) is 16.0. The first-order chi connectivity index (χ1) is 9.21. The highest BCUT2D eigenvalue weighted by molar-refractivity contribution is 7.89. The van der Waals surface area contributed by atoms with Gasteiger partial charge in [0, 0.05) is 6.04 Å². The summed E-state index contributed by atoms with van der Waals surface area (Å²) in [5, 5.41) is 19.5. The van der Waals surface area contributed by atoms with Crippen LogP contribution in [0.3, 0.4) is 0 Å². The third kappa shape index (κ3) is 3.09. The van der Waals surface area contributed by atoms with Gasteiger partial charge in [0.15, 0.2) is 4.90 Å². The Morgan fingerprint density at radius 1 is 1.50 bits per heavy atom. The Balaban J connectivity index is 3.50. The SMILES string of the molecule is CC(C)N(CC#N)S(=O)(=O)c1ccc(F)cc1[N+](=O)[O-]. The zero-order valence-electron chi connectivity index (χ0n) is 10.8. The molecule has 0 aromatic heterocycles. The number of rotatable bonds is 5. The monoisotopic (exact) mass is 301 g/mol. The van der Waals surface area contributed by atoms with Crippen molar-refractivity contribution in [1.82, 2.24) is 4.31 Å². The normalized spacial score (nSPS) is 11.6. The van der Waals surface area contributed by atoms with Gasteiger partial charge < -0.3 is 0 Å². The lowest BCUT2D eigenvalue weighted by molar-refractivity contribution is -0.388. The van der Waals surface area contributed by atoms with Gasteiger partial charge in [-0.15, -0.1) is 0 Å². The molecule has 9 heteroatoms. The Bertz CT molecular complexity index is 667. The maximum Gasteiger partial charge on any atom is 0.292 e. The van der Waals surface area contributed by atoms with Crippen molar-refractivity contribution in [2.75, 3.05) is 6.54 Å². The summed E-state index contributed by atoms with van der Waals surface area (Å²) in [7, 11) is -4.25. The standard InChI is InChI=1S/C11H12FN3O4S/c1-8(2)14(6-5-13)20(18,19)11-4-3-9(12)7-10(11)15(16)17/h3-4,7-8H,6H2,1-2H3. The highest BCUT2D eigenvalue weighted by atomic mass is 32.2. The van der Waals surface area contributed by atoms with Gasteiger partial charge in [0.1, 0.15) is 12.4 Å². The number of halogens is 1. The highest BCUT2D eigenvalue weighted by Gasteiger charge is 2.33. The van der Waals surface area contributed by atoms with E-state index in [0.29, 0.717) is 6.07 Å². The molecule has 0 saturated carbocycles. The molecular weight excluding hydrogens is 289 g/mol. The maximum atomic E-state index is 13.0. The summed E-state index contributed by atoms with van der Waals surface area (Å²) in [4.78, 5) is 9.26.